The maximum Gasteiger partial charge on any atom is 0.495 e. The smallest absolute Gasteiger partial charge is 0.437 e. The summed E-state index contributed by atoms with van der Waals surface area (Å²) in [5, 5.41) is 9.70. The molecule has 0 atom stereocenters. The van der Waals surface area contributed by atoms with Crippen LogP contribution >= 0.6 is 0 Å². The Morgan fingerprint density at radius 2 is 1.60 bits per heavy atom. The van der Waals surface area contributed by atoms with Crippen LogP contribution in [0.5, 0.6) is 0 Å². The minimum atomic E-state index is -0.366. The topological polar surface area (TPSA) is 45.2 Å². The van der Waals surface area contributed by atoms with Crippen LogP contribution in [0.1, 0.15) is 33.3 Å². The summed E-state index contributed by atoms with van der Waals surface area (Å²) >= 11 is 0. The van der Waals surface area contributed by atoms with Crippen molar-refractivity contribution < 1.29 is 14.3 Å². The average Bonchev–Trinajstić information content (AvgIpc) is 2.75. The molecule has 2 saturated heterocycles. The predicted octanol–water partition coefficient (Wildman–Crippen LogP) is 1.53. The number of anilines is 1. The van der Waals surface area contributed by atoms with Crippen LogP contribution in [0.25, 0.3) is 0 Å². The Kier molecular flexibility index (Phi) is 4.97. The average molecular weight is 344 g/mol. The van der Waals surface area contributed by atoms with Crippen molar-refractivity contribution in [3.05, 3.63) is 23.8 Å². The maximum absolute atomic E-state index is 9.70. The summed E-state index contributed by atoms with van der Waals surface area (Å²) in [4.78, 5) is 4.47. The zero-order chi connectivity index (χ0) is 18.4. The van der Waals surface area contributed by atoms with Crippen LogP contribution in [0.3, 0.4) is 0 Å². The fourth-order valence-electron chi connectivity index (χ4n) is 3.44. The number of hydrogen-bond acceptors (Lipinski definition) is 5. The molecule has 5 nitrogen and oxygen atoms in total. The van der Waals surface area contributed by atoms with Gasteiger partial charge in [-0.1, -0.05) is 6.07 Å². The van der Waals surface area contributed by atoms with E-state index >= 15 is 0 Å². The molecule has 0 radical (unpaired) electrons. The van der Waals surface area contributed by atoms with Gasteiger partial charge in [0.05, 0.1) is 11.2 Å². The predicted molar refractivity (Wildman–Crippen MR) is 105 cm³/mol. The molecule has 0 spiro atoms. The van der Waals surface area contributed by atoms with E-state index in [4.69, 9.17) is 9.31 Å². The van der Waals surface area contributed by atoms with Gasteiger partial charge in [0, 0.05) is 31.9 Å². The van der Waals surface area contributed by atoms with Crippen molar-refractivity contribution in [2.45, 2.75) is 52.6 Å². The Labute approximate surface area is 152 Å². The second kappa shape index (κ2) is 6.62. The summed E-state index contributed by atoms with van der Waals surface area (Å²) in [6.45, 7) is 15.9. The Bertz CT molecular complexity index is 613. The molecule has 136 valence electrons. The van der Waals surface area contributed by atoms with E-state index in [1.165, 1.54) is 11.3 Å². The first-order valence-corrected chi connectivity index (χ1v) is 9.24. The molecule has 0 unspecified atom stereocenters. The Hall–Kier alpha value is -1.01. The fourth-order valence-corrected chi connectivity index (χ4v) is 3.44. The van der Waals surface area contributed by atoms with Gasteiger partial charge in [-0.05, 0) is 64.6 Å². The molecule has 1 aromatic carbocycles. The summed E-state index contributed by atoms with van der Waals surface area (Å²) in [5.74, 6) is 0. The van der Waals surface area contributed by atoms with Crippen molar-refractivity contribution in [3.63, 3.8) is 0 Å². The van der Waals surface area contributed by atoms with Crippen molar-refractivity contribution >= 4 is 25.3 Å². The van der Waals surface area contributed by atoms with Crippen molar-refractivity contribution in [2.75, 3.05) is 31.1 Å². The largest absolute Gasteiger partial charge is 0.495 e. The highest BCUT2D eigenvalue weighted by Crippen LogP contribution is 2.36. The third kappa shape index (κ3) is 3.61. The molecule has 0 aliphatic carbocycles. The lowest BCUT2D eigenvalue weighted by molar-refractivity contribution is 0.00578. The van der Waals surface area contributed by atoms with Gasteiger partial charge in [-0.25, -0.2) is 0 Å². The number of nitrogens with zero attached hydrogens (tertiary/aromatic N) is 2. The van der Waals surface area contributed by atoms with Crippen LogP contribution in [0.2, 0.25) is 6.82 Å². The van der Waals surface area contributed by atoms with Crippen molar-refractivity contribution in [3.8, 4) is 0 Å². The van der Waals surface area contributed by atoms with E-state index in [2.05, 4.69) is 62.5 Å². The minimum Gasteiger partial charge on any atom is -0.437 e. The summed E-state index contributed by atoms with van der Waals surface area (Å²) < 4.78 is 12.4. The van der Waals surface area contributed by atoms with Crippen molar-refractivity contribution in [1.29, 1.82) is 0 Å². The standard InChI is InChI=1S/C18H30B2N2O3/c1-14-13-15(21-9-11-22(12-10-21)19(6)23)7-8-16(14)20-24-17(2,3)18(4,5)25-20/h7-8,13,23H,9-12H2,1-6H3. The molecule has 2 heterocycles. The van der Waals surface area contributed by atoms with E-state index in [1.54, 1.807) is 0 Å². The number of aryl methyl sites for hydroxylation is 1. The minimum absolute atomic E-state index is 0.314. The van der Waals surface area contributed by atoms with Gasteiger partial charge in [-0.2, -0.15) is 0 Å². The Morgan fingerprint density at radius 1 is 1.04 bits per heavy atom. The van der Waals surface area contributed by atoms with Crippen LogP contribution in [-0.4, -0.2) is 61.4 Å². The molecule has 1 aromatic rings. The highest BCUT2D eigenvalue weighted by molar-refractivity contribution is 6.62. The van der Waals surface area contributed by atoms with Crippen LogP contribution in [-0.2, 0) is 9.31 Å². The summed E-state index contributed by atoms with van der Waals surface area (Å²) in [5.41, 5.74) is 2.88. The zero-order valence-corrected chi connectivity index (χ0v) is 16.4. The van der Waals surface area contributed by atoms with Gasteiger partial charge in [-0.3, -0.25) is 0 Å². The van der Waals surface area contributed by atoms with E-state index in [9.17, 15) is 5.02 Å². The Balaban J connectivity index is 1.72. The van der Waals surface area contributed by atoms with Gasteiger partial charge in [0.25, 0.3) is 0 Å². The molecule has 2 aliphatic heterocycles. The van der Waals surface area contributed by atoms with Crippen LogP contribution in [0.4, 0.5) is 5.69 Å². The van der Waals surface area contributed by atoms with E-state index in [1.807, 2.05) is 6.82 Å². The van der Waals surface area contributed by atoms with E-state index < -0.39 is 0 Å². The normalized spacial score (nSPS) is 23.2. The lowest BCUT2D eigenvalue weighted by Gasteiger charge is -2.37. The maximum atomic E-state index is 9.70. The molecule has 2 aliphatic rings. The fraction of sp³-hybridized carbons (Fsp3) is 0.667. The summed E-state index contributed by atoms with van der Waals surface area (Å²) in [6.07, 6.45) is 0. The SMILES string of the molecule is CB(O)N1CCN(c2ccc(B3OC(C)(C)C(C)(C)O3)c(C)c2)CC1. The molecule has 0 aromatic heterocycles. The second-order valence-electron chi connectivity index (χ2n) is 8.28. The summed E-state index contributed by atoms with van der Waals surface area (Å²) in [7, 11) is -0.680. The Morgan fingerprint density at radius 3 is 2.08 bits per heavy atom. The van der Waals surface area contributed by atoms with Crippen molar-refractivity contribution in [1.82, 2.24) is 4.81 Å². The number of benzene rings is 1. The molecular weight excluding hydrogens is 314 g/mol. The number of rotatable bonds is 3. The molecule has 0 saturated carbocycles. The van der Waals surface area contributed by atoms with Crippen LogP contribution in [0.15, 0.2) is 18.2 Å². The molecule has 2 fully saturated rings. The third-order valence-electron chi connectivity index (χ3n) is 5.97. The van der Waals surface area contributed by atoms with Gasteiger partial charge in [0.2, 0.25) is 0 Å². The summed E-state index contributed by atoms with van der Waals surface area (Å²) in [6, 6.07) is 6.51. The van der Waals surface area contributed by atoms with E-state index in [-0.39, 0.29) is 25.4 Å². The molecule has 7 heteroatoms. The van der Waals surface area contributed by atoms with Crippen LogP contribution in [0, 0.1) is 6.92 Å². The quantitative estimate of drug-likeness (QED) is 0.843. The van der Waals surface area contributed by atoms with Gasteiger partial charge in [-0.15, -0.1) is 0 Å². The first-order chi connectivity index (χ1) is 11.6. The van der Waals surface area contributed by atoms with E-state index in [0.29, 0.717) is 0 Å². The highest BCUT2D eigenvalue weighted by Gasteiger charge is 2.52. The number of piperazine rings is 1. The monoisotopic (exact) mass is 344 g/mol. The lowest BCUT2D eigenvalue weighted by Crippen LogP contribution is -2.51. The molecule has 3 rings (SSSR count). The first-order valence-electron chi connectivity index (χ1n) is 9.24. The molecule has 0 bridgehead atoms. The second-order valence-corrected chi connectivity index (χ2v) is 8.28. The van der Waals surface area contributed by atoms with Gasteiger partial charge in [0.1, 0.15) is 0 Å². The lowest BCUT2D eigenvalue weighted by atomic mass is 9.76. The highest BCUT2D eigenvalue weighted by atomic mass is 16.7. The van der Waals surface area contributed by atoms with Crippen LogP contribution < -0.4 is 10.4 Å². The molecule has 25 heavy (non-hydrogen) atoms. The third-order valence-corrected chi connectivity index (χ3v) is 5.97. The molecule has 0 amide bonds. The van der Waals surface area contributed by atoms with Gasteiger partial charge >= 0.3 is 14.2 Å². The molecular formula is C18H30B2N2O3. The van der Waals surface area contributed by atoms with Gasteiger partial charge in [0.15, 0.2) is 0 Å². The number of hydrogen-bond donors (Lipinski definition) is 1. The zero-order valence-electron chi connectivity index (χ0n) is 16.4. The first kappa shape index (κ1) is 18.8. The van der Waals surface area contributed by atoms with Crippen molar-refractivity contribution in [2.24, 2.45) is 0 Å². The molecule has 1 N–H and O–H groups in total. The van der Waals surface area contributed by atoms with E-state index in [0.717, 1.165) is 31.6 Å². The van der Waals surface area contributed by atoms with Gasteiger partial charge < -0.3 is 24.0 Å².